The van der Waals surface area contributed by atoms with Crippen LogP contribution in [0, 0.1) is 0 Å². The number of nitrogens with one attached hydrogen (secondary N) is 1. The SMILES string of the molecule is CCOc1cccc([C@@H]2CC(c3ccc(Cl)cc3)=N[C@H](c3ccccc3Cl)N2)c1O. The number of hydrogen-bond acceptors (Lipinski definition) is 4. The zero-order chi connectivity index (χ0) is 21.1. The van der Waals surface area contributed by atoms with E-state index in [0.717, 1.165) is 22.4 Å². The second-order valence-electron chi connectivity index (χ2n) is 7.06. The van der Waals surface area contributed by atoms with Crippen LogP contribution in [-0.4, -0.2) is 17.4 Å². The van der Waals surface area contributed by atoms with Gasteiger partial charge in [0.1, 0.15) is 6.17 Å². The molecule has 6 heteroatoms. The van der Waals surface area contributed by atoms with Crippen molar-refractivity contribution in [2.24, 2.45) is 4.99 Å². The first kappa shape index (κ1) is 20.7. The van der Waals surface area contributed by atoms with Gasteiger partial charge in [-0.1, -0.05) is 65.7 Å². The lowest BCUT2D eigenvalue weighted by Gasteiger charge is -2.31. The Morgan fingerprint density at radius 2 is 1.73 bits per heavy atom. The molecule has 0 radical (unpaired) electrons. The molecule has 30 heavy (non-hydrogen) atoms. The number of phenolic OH excluding ortho intramolecular Hbond substituents is 1. The molecule has 0 unspecified atom stereocenters. The predicted molar refractivity (Wildman–Crippen MR) is 122 cm³/mol. The lowest BCUT2D eigenvalue weighted by molar-refractivity contribution is 0.313. The molecule has 2 N–H and O–H groups in total. The molecule has 3 aromatic carbocycles. The average Bonchev–Trinajstić information content (AvgIpc) is 2.76. The maximum atomic E-state index is 10.8. The highest BCUT2D eigenvalue weighted by Gasteiger charge is 2.29. The molecule has 2 atom stereocenters. The fourth-order valence-corrected chi connectivity index (χ4v) is 4.04. The summed E-state index contributed by atoms with van der Waals surface area (Å²) in [5.41, 5.74) is 3.56. The van der Waals surface area contributed by atoms with Crippen LogP contribution in [0.5, 0.6) is 11.5 Å². The van der Waals surface area contributed by atoms with Gasteiger partial charge in [-0.15, -0.1) is 0 Å². The molecule has 0 amide bonds. The molecule has 0 aromatic heterocycles. The van der Waals surface area contributed by atoms with Crippen LogP contribution < -0.4 is 10.1 Å². The molecule has 4 rings (SSSR count). The highest BCUT2D eigenvalue weighted by Crippen LogP contribution is 2.39. The number of aliphatic imine (C=N–C) groups is 1. The van der Waals surface area contributed by atoms with Gasteiger partial charge in [0.15, 0.2) is 11.5 Å². The highest BCUT2D eigenvalue weighted by molar-refractivity contribution is 6.31. The summed E-state index contributed by atoms with van der Waals surface area (Å²) in [6, 6.07) is 20.7. The van der Waals surface area contributed by atoms with Gasteiger partial charge in [0.2, 0.25) is 0 Å². The van der Waals surface area contributed by atoms with Gasteiger partial charge in [-0.25, -0.2) is 0 Å². The van der Waals surface area contributed by atoms with Crippen LogP contribution in [0.2, 0.25) is 10.0 Å². The van der Waals surface area contributed by atoms with Gasteiger partial charge in [0.05, 0.1) is 6.61 Å². The number of ether oxygens (including phenoxy) is 1. The first-order valence-electron chi connectivity index (χ1n) is 9.84. The molecule has 1 aliphatic rings. The molecular weight excluding hydrogens is 419 g/mol. The minimum absolute atomic E-state index is 0.145. The van der Waals surface area contributed by atoms with Crippen LogP contribution in [0.1, 0.15) is 42.2 Å². The third-order valence-electron chi connectivity index (χ3n) is 5.12. The fraction of sp³-hybridized carbons (Fsp3) is 0.208. The van der Waals surface area contributed by atoms with Gasteiger partial charge < -0.3 is 9.84 Å². The van der Waals surface area contributed by atoms with Crippen molar-refractivity contribution in [2.75, 3.05) is 6.61 Å². The van der Waals surface area contributed by atoms with E-state index in [1.165, 1.54) is 0 Å². The van der Waals surface area contributed by atoms with E-state index in [2.05, 4.69) is 5.32 Å². The summed E-state index contributed by atoms with van der Waals surface area (Å²) in [5.74, 6) is 0.619. The number of hydrogen-bond donors (Lipinski definition) is 2. The van der Waals surface area contributed by atoms with Crippen LogP contribution in [0.4, 0.5) is 0 Å². The van der Waals surface area contributed by atoms with E-state index < -0.39 is 0 Å². The molecule has 0 saturated carbocycles. The maximum Gasteiger partial charge on any atom is 0.162 e. The Bertz CT molecular complexity index is 1070. The Morgan fingerprint density at radius 1 is 1.00 bits per heavy atom. The number of para-hydroxylation sites is 1. The van der Waals surface area contributed by atoms with E-state index in [4.69, 9.17) is 32.9 Å². The van der Waals surface area contributed by atoms with Gasteiger partial charge in [-0.2, -0.15) is 0 Å². The standard InChI is InChI=1S/C24H22Cl2N2O2/c1-2-30-22-9-5-7-18(23(22)29)21-14-20(15-10-12-16(25)13-11-15)27-24(28-21)17-6-3-4-8-19(17)26/h3-13,21,24,28-29H,2,14H2,1H3/t21-,24-/m0/s1. The molecule has 3 aromatic rings. The van der Waals surface area contributed by atoms with Crippen molar-refractivity contribution < 1.29 is 9.84 Å². The molecule has 1 heterocycles. The fourth-order valence-electron chi connectivity index (χ4n) is 3.67. The monoisotopic (exact) mass is 440 g/mol. The Hall–Kier alpha value is -2.53. The topological polar surface area (TPSA) is 53.8 Å². The van der Waals surface area contributed by atoms with Crippen LogP contribution in [0.3, 0.4) is 0 Å². The maximum absolute atomic E-state index is 10.8. The van der Waals surface area contributed by atoms with Gasteiger partial charge >= 0.3 is 0 Å². The molecule has 4 nitrogen and oxygen atoms in total. The summed E-state index contributed by atoms with van der Waals surface area (Å²) >= 11 is 12.5. The van der Waals surface area contributed by atoms with Crippen molar-refractivity contribution in [3.63, 3.8) is 0 Å². The minimum Gasteiger partial charge on any atom is -0.504 e. The lowest BCUT2D eigenvalue weighted by atomic mass is 9.93. The third-order valence-corrected chi connectivity index (χ3v) is 5.72. The first-order chi connectivity index (χ1) is 14.6. The number of nitrogens with zero attached hydrogens (tertiary/aromatic N) is 1. The first-order valence-corrected chi connectivity index (χ1v) is 10.6. The zero-order valence-electron chi connectivity index (χ0n) is 16.5. The largest absolute Gasteiger partial charge is 0.504 e. The van der Waals surface area contributed by atoms with Gasteiger partial charge in [0.25, 0.3) is 0 Å². The summed E-state index contributed by atoms with van der Waals surface area (Å²) in [6.45, 7) is 2.37. The number of rotatable bonds is 5. The predicted octanol–water partition coefficient (Wildman–Crippen LogP) is 6.32. The van der Waals surface area contributed by atoms with E-state index in [0.29, 0.717) is 28.8 Å². The quantitative estimate of drug-likeness (QED) is 0.487. The Balaban J connectivity index is 1.77. The number of benzene rings is 3. The van der Waals surface area contributed by atoms with Crippen molar-refractivity contribution in [3.8, 4) is 11.5 Å². The van der Waals surface area contributed by atoms with Crippen LogP contribution >= 0.6 is 23.2 Å². The van der Waals surface area contributed by atoms with E-state index in [1.807, 2.05) is 67.6 Å². The lowest BCUT2D eigenvalue weighted by Crippen LogP contribution is -2.33. The van der Waals surface area contributed by atoms with E-state index in [-0.39, 0.29) is 18.0 Å². The summed E-state index contributed by atoms with van der Waals surface area (Å²) in [5, 5.41) is 15.7. The molecule has 0 aliphatic carbocycles. The van der Waals surface area contributed by atoms with Gasteiger partial charge in [-0.05, 0) is 36.8 Å². The van der Waals surface area contributed by atoms with Crippen molar-refractivity contribution >= 4 is 28.9 Å². The normalized spacial score (nSPS) is 18.7. The summed E-state index contributed by atoms with van der Waals surface area (Å²) in [6.07, 6.45) is 0.254. The summed E-state index contributed by atoms with van der Waals surface area (Å²) in [7, 11) is 0. The molecule has 1 aliphatic heterocycles. The molecule has 0 saturated heterocycles. The summed E-state index contributed by atoms with van der Waals surface area (Å²) < 4.78 is 5.58. The van der Waals surface area contributed by atoms with Crippen LogP contribution in [0.15, 0.2) is 71.7 Å². The Kier molecular flexibility index (Phi) is 6.28. The Labute approximate surface area is 186 Å². The van der Waals surface area contributed by atoms with Gasteiger partial charge in [-0.3, -0.25) is 10.3 Å². The minimum atomic E-state index is -0.349. The van der Waals surface area contributed by atoms with Crippen LogP contribution in [0.25, 0.3) is 0 Å². The molecule has 0 spiro atoms. The molecule has 0 fully saturated rings. The summed E-state index contributed by atoms with van der Waals surface area (Å²) in [4.78, 5) is 4.94. The van der Waals surface area contributed by atoms with E-state index >= 15 is 0 Å². The van der Waals surface area contributed by atoms with E-state index in [1.54, 1.807) is 6.07 Å². The van der Waals surface area contributed by atoms with Crippen LogP contribution in [-0.2, 0) is 0 Å². The van der Waals surface area contributed by atoms with Crippen molar-refractivity contribution in [1.82, 2.24) is 5.32 Å². The van der Waals surface area contributed by atoms with Crippen molar-refractivity contribution in [2.45, 2.75) is 25.6 Å². The second-order valence-corrected chi connectivity index (χ2v) is 7.90. The Morgan fingerprint density at radius 3 is 2.47 bits per heavy atom. The van der Waals surface area contributed by atoms with Crippen molar-refractivity contribution in [1.29, 1.82) is 0 Å². The average molecular weight is 441 g/mol. The molecule has 0 bridgehead atoms. The molecular formula is C24H22Cl2N2O2. The zero-order valence-corrected chi connectivity index (χ0v) is 18.0. The number of halogens is 2. The number of phenols is 1. The third kappa shape index (κ3) is 4.31. The van der Waals surface area contributed by atoms with Crippen molar-refractivity contribution in [3.05, 3.63) is 93.5 Å². The smallest absolute Gasteiger partial charge is 0.162 e. The second kappa shape index (κ2) is 9.09. The number of aromatic hydroxyl groups is 1. The van der Waals surface area contributed by atoms with Gasteiger partial charge in [0, 0.05) is 39.3 Å². The molecule has 154 valence electrons. The highest BCUT2D eigenvalue weighted by atomic mass is 35.5. The van der Waals surface area contributed by atoms with E-state index in [9.17, 15) is 5.11 Å².